The molecule has 4 heteroatoms. The van der Waals surface area contributed by atoms with Gasteiger partial charge < -0.3 is 0 Å². The van der Waals surface area contributed by atoms with Crippen LogP contribution in [0.2, 0.25) is 12.6 Å². The van der Waals surface area contributed by atoms with Crippen molar-refractivity contribution in [2.75, 3.05) is 0 Å². The Balaban J connectivity index is 2.10. The number of halogens is 1. The fraction of sp³-hybridized carbons (Fsp3) is 0.333. The van der Waals surface area contributed by atoms with E-state index < -0.39 is 0 Å². The Morgan fingerprint density at radius 1 is 1.25 bits per heavy atom. The zero-order valence-corrected chi connectivity index (χ0v) is 8.73. The van der Waals surface area contributed by atoms with Crippen LogP contribution >= 0.6 is 0 Å². The summed E-state index contributed by atoms with van der Waals surface area (Å²) in [6.07, 6.45) is 1.57. The van der Waals surface area contributed by atoms with E-state index in [-0.39, 0.29) is 24.4 Å². The minimum absolute atomic E-state index is 0.0984. The van der Waals surface area contributed by atoms with Crippen LogP contribution in [0.3, 0.4) is 0 Å². The van der Waals surface area contributed by atoms with E-state index in [0.29, 0.717) is 0 Å². The van der Waals surface area contributed by atoms with Crippen molar-refractivity contribution in [1.29, 1.82) is 10.5 Å². The molecule has 0 aliphatic carbocycles. The Morgan fingerprint density at radius 3 is 2.38 bits per heavy atom. The van der Waals surface area contributed by atoms with E-state index in [2.05, 4.69) is 12.0 Å². The smallest absolute Gasteiger partial charge is 0.213 e. The molecule has 0 bridgehead atoms. The van der Waals surface area contributed by atoms with Gasteiger partial charge in [-0.25, -0.2) is 9.65 Å². The topological polar surface area (TPSA) is 47.6 Å². The molecule has 0 aromatic heterocycles. The Labute approximate surface area is 94.4 Å². The highest BCUT2D eigenvalue weighted by atomic mass is 19.1. The van der Waals surface area contributed by atoms with E-state index >= 15 is 0 Å². The van der Waals surface area contributed by atoms with Gasteiger partial charge in [0.1, 0.15) is 5.82 Å². The normalized spacial score (nSPS) is 17.1. The maximum atomic E-state index is 12.7. The van der Waals surface area contributed by atoms with Gasteiger partial charge in [-0.3, -0.25) is 0 Å². The predicted molar refractivity (Wildman–Crippen MR) is 59.2 cm³/mol. The van der Waals surface area contributed by atoms with Crippen molar-refractivity contribution in [3.8, 4) is 12.0 Å². The van der Waals surface area contributed by atoms with Crippen LogP contribution in [-0.4, -0.2) is 6.71 Å². The fourth-order valence-corrected chi connectivity index (χ4v) is 2.16. The van der Waals surface area contributed by atoms with Gasteiger partial charge >= 0.3 is 0 Å². The first kappa shape index (κ1) is 10.7. The number of hydrogen-bond acceptors (Lipinski definition) is 2. The zero-order chi connectivity index (χ0) is 11.5. The Bertz CT molecular complexity index is 451. The first-order valence-corrected chi connectivity index (χ1v) is 5.29. The summed E-state index contributed by atoms with van der Waals surface area (Å²) in [4.78, 5) is 0. The minimum atomic E-state index is -0.288. The summed E-state index contributed by atoms with van der Waals surface area (Å²) < 4.78 is 12.7. The van der Waals surface area contributed by atoms with E-state index in [1.54, 1.807) is 12.1 Å². The summed E-state index contributed by atoms with van der Waals surface area (Å²) in [5.74, 6) is 1.96. The van der Waals surface area contributed by atoms with Crippen LogP contribution in [0.5, 0.6) is 0 Å². The maximum Gasteiger partial charge on any atom is 0.268 e. The second-order valence-corrected chi connectivity index (χ2v) is 4.22. The highest BCUT2D eigenvalue weighted by molar-refractivity contribution is 6.69. The van der Waals surface area contributed by atoms with Gasteiger partial charge in [-0.1, -0.05) is 24.8 Å². The molecule has 2 nitrogen and oxygen atoms in total. The van der Waals surface area contributed by atoms with Crippen molar-refractivity contribution in [3.63, 3.8) is 0 Å². The van der Waals surface area contributed by atoms with Gasteiger partial charge in [0, 0.05) is 5.97 Å². The largest absolute Gasteiger partial charge is 0.268 e. The molecule has 0 saturated carbocycles. The van der Waals surface area contributed by atoms with E-state index in [0.717, 1.165) is 18.2 Å². The summed E-state index contributed by atoms with van der Waals surface area (Å²) >= 11 is 0. The third-order valence-electron chi connectivity index (χ3n) is 3.20. The third kappa shape index (κ3) is 1.92. The minimum Gasteiger partial charge on any atom is -0.213 e. The van der Waals surface area contributed by atoms with Crippen molar-refractivity contribution < 1.29 is 4.39 Å². The van der Waals surface area contributed by atoms with Crippen LogP contribution in [0.4, 0.5) is 4.39 Å². The molecule has 78 valence electrons. The average molecular weight is 212 g/mol. The third-order valence-corrected chi connectivity index (χ3v) is 3.20. The number of rotatable bonds is 2. The maximum absolute atomic E-state index is 12.7. The second kappa shape index (κ2) is 4.37. The average Bonchev–Trinajstić information content (AvgIpc) is 2.24. The van der Waals surface area contributed by atoms with E-state index in [1.165, 1.54) is 12.1 Å². The first-order valence-electron chi connectivity index (χ1n) is 5.29. The molecule has 0 N–H and O–H groups in total. The Morgan fingerprint density at radius 2 is 1.88 bits per heavy atom. The molecule has 0 spiro atoms. The summed E-state index contributed by atoms with van der Waals surface area (Å²) in [6, 6.07) is 8.31. The molecule has 0 radical (unpaired) electrons. The summed E-state index contributed by atoms with van der Waals surface area (Å²) in [5, 5.41) is 17.8. The van der Waals surface area contributed by atoms with Gasteiger partial charge in [-0.15, -0.1) is 0 Å². The molecule has 1 saturated heterocycles. The van der Waals surface area contributed by atoms with Gasteiger partial charge in [0.15, 0.2) is 0 Å². The summed E-state index contributed by atoms with van der Waals surface area (Å²) in [7, 11) is 0. The molecular weight excluding hydrogens is 202 g/mol. The van der Waals surface area contributed by atoms with Crippen LogP contribution < -0.4 is 0 Å². The molecule has 1 heterocycles. The molecule has 1 unspecified atom stereocenters. The number of nitrogens with zero attached hydrogens (tertiary/aromatic N) is 2. The molecule has 1 aromatic carbocycles. The van der Waals surface area contributed by atoms with Gasteiger partial charge in [0.25, 0.3) is 6.71 Å². The lowest BCUT2D eigenvalue weighted by atomic mass is 9.31. The molecule has 2 rings (SSSR count). The number of benzene rings is 1. The fourth-order valence-electron chi connectivity index (χ4n) is 2.16. The second-order valence-electron chi connectivity index (χ2n) is 4.22. The van der Waals surface area contributed by atoms with Crippen LogP contribution in [-0.2, 0) is 0 Å². The van der Waals surface area contributed by atoms with Crippen molar-refractivity contribution in [2.24, 2.45) is 5.92 Å². The highest BCUT2D eigenvalue weighted by Crippen LogP contribution is 2.39. The Hall–Kier alpha value is -1.81. The standard InChI is InChI=1S/C12H10BFN2/c14-11-3-1-9(2-4-11)12(7-15)10-5-13(6-10)8-16/h1-4,10,12H,5-6H2. The van der Waals surface area contributed by atoms with Crippen molar-refractivity contribution >= 4 is 6.71 Å². The lowest BCUT2D eigenvalue weighted by Crippen LogP contribution is -2.33. The zero-order valence-electron chi connectivity index (χ0n) is 8.73. The number of hydrogen-bond donors (Lipinski definition) is 0. The van der Waals surface area contributed by atoms with Crippen LogP contribution in [0.15, 0.2) is 24.3 Å². The van der Waals surface area contributed by atoms with Gasteiger partial charge in [0.05, 0.1) is 12.0 Å². The predicted octanol–water partition coefficient (Wildman–Crippen LogP) is 2.62. The lowest BCUT2D eigenvalue weighted by molar-refractivity contribution is 0.532. The van der Waals surface area contributed by atoms with Crippen molar-refractivity contribution in [3.05, 3.63) is 35.6 Å². The molecular formula is C12H10BFN2. The van der Waals surface area contributed by atoms with Crippen LogP contribution in [0.25, 0.3) is 0 Å². The van der Waals surface area contributed by atoms with Crippen LogP contribution in [0.1, 0.15) is 11.5 Å². The summed E-state index contributed by atoms with van der Waals surface area (Å²) in [5.41, 5.74) is 0.852. The Kier molecular flexibility index (Phi) is 2.92. The van der Waals surface area contributed by atoms with Gasteiger partial charge in [-0.2, -0.15) is 5.26 Å². The van der Waals surface area contributed by atoms with Crippen LogP contribution in [0, 0.1) is 34.3 Å². The molecule has 1 atom stereocenters. The van der Waals surface area contributed by atoms with Gasteiger partial charge in [0.2, 0.25) is 0 Å². The first-order chi connectivity index (χ1) is 7.74. The molecule has 1 fully saturated rings. The molecule has 16 heavy (non-hydrogen) atoms. The SMILES string of the molecule is N#CB1CC(C(C#N)c2ccc(F)cc2)C1. The lowest BCUT2D eigenvalue weighted by Gasteiger charge is -2.32. The molecule has 1 aliphatic heterocycles. The molecule has 0 amide bonds. The summed E-state index contributed by atoms with van der Waals surface area (Å²) in [6.45, 7) is 0.0984. The highest BCUT2D eigenvalue weighted by Gasteiger charge is 2.38. The monoisotopic (exact) mass is 212 g/mol. The van der Waals surface area contributed by atoms with Crippen molar-refractivity contribution in [2.45, 2.75) is 18.6 Å². The van der Waals surface area contributed by atoms with E-state index in [9.17, 15) is 4.39 Å². The van der Waals surface area contributed by atoms with E-state index in [4.69, 9.17) is 10.5 Å². The molecule has 1 aliphatic rings. The van der Waals surface area contributed by atoms with Crippen molar-refractivity contribution in [1.82, 2.24) is 0 Å². The quantitative estimate of drug-likeness (QED) is 0.707. The number of nitriles is 2. The van der Waals surface area contributed by atoms with Gasteiger partial charge in [-0.05, 0) is 23.6 Å². The molecule has 1 aromatic rings. The van der Waals surface area contributed by atoms with E-state index in [1.807, 2.05) is 0 Å².